The smallest absolute Gasteiger partial charge is 0.379 e. The second-order valence-electron chi connectivity index (χ2n) is 3.38. The average Bonchev–Trinajstić information content (AvgIpc) is 2.27. The van der Waals surface area contributed by atoms with Crippen LogP contribution in [0.5, 0.6) is 5.75 Å². The van der Waals surface area contributed by atoms with Gasteiger partial charge in [0.25, 0.3) is 5.78 Å². The lowest BCUT2D eigenvalue weighted by molar-refractivity contribution is -0.137. The van der Waals surface area contributed by atoms with Crippen molar-refractivity contribution in [3.8, 4) is 5.75 Å². The molecule has 0 aliphatic heterocycles. The molecule has 0 atom stereocenters. The first-order valence-corrected chi connectivity index (χ1v) is 5.06. The summed E-state index contributed by atoms with van der Waals surface area (Å²) in [6.45, 7) is 3.28. The third kappa shape index (κ3) is 2.81. The SMILES string of the molecule is CCOC(=O)C(=O)c1cc(C)cc(F)c1OC. The Morgan fingerprint density at radius 1 is 1.35 bits per heavy atom. The van der Waals surface area contributed by atoms with Gasteiger partial charge in [0.1, 0.15) is 0 Å². The Balaban J connectivity index is 3.20. The van der Waals surface area contributed by atoms with E-state index < -0.39 is 17.6 Å². The van der Waals surface area contributed by atoms with Crippen molar-refractivity contribution < 1.29 is 23.5 Å². The highest BCUT2D eigenvalue weighted by atomic mass is 19.1. The molecule has 0 saturated carbocycles. The van der Waals surface area contributed by atoms with Crippen LogP contribution >= 0.6 is 0 Å². The fourth-order valence-corrected chi connectivity index (χ4v) is 1.41. The highest BCUT2D eigenvalue weighted by Crippen LogP contribution is 2.25. The number of Topliss-reactive ketones (excluding diaryl/α,β-unsaturated/α-hetero) is 1. The number of benzene rings is 1. The second-order valence-corrected chi connectivity index (χ2v) is 3.38. The normalized spacial score (nSPS) is 9.88. The first-order chi connectivity index (χ1) is 8.01. The van der Waals surface area contributed by atoms with Crippen LogP contribution < -0.4 is 4.74 Å². The topological polar surface area (TPSA) is 52.6 Å². The van der Waals surface area contributed by atoms with Crippen LogP contribution in [0, 0.1) is 12.7 Å². The van der Waals surface area contributed by atoms with Gasteiger partial charge in [-0.05, 0) is 31.5 Å². The van der Waals surface area contributed by atoms with E-state index in [-0.39, 0.29) is 17.9 Å². The summed E-state index contributed by atoms with van der Waals surface area (Å²) >= 11 is 0. The first kappa shape index (κ1) is 13.2. The largest absolute Gasteiger partial charge is 0.493 e. The molecular weight excluding hydrogens is 227 g/mol. The van der Waals surface area contributed by atoms with Gasteiger partial charge in [-0.1, -0.05) is 0 Å². The molecule has 5 heteroatoms. The summed E-state index contributed by atoms with van der Waals surface area (Å²) in [6, 6.07) is 2.61. The number of aryl methyl sites for hydroxylation is 1. The fourth-order valence-electron chi connectivity index (χ4n) is 1.41. The molecule has 0 aromatic heterocycles. The Kier molecular flexibility index (Phi) is 4.20. The summed E-state index contributed by atoms with van der Waals surface area (Å²) in [7, 11) is 1.23. The first-order valence-electron chi connectivity index (χ1n) is 5.06. The number of carbonyl (C=O) groups is 2. The molecule has 0 amide bonds. The van der Waals surface area contributed by atoms with Crippen molar-refractivity contribution in [3.63, 3.8) is 0 Å². The summed E-state index contributed by atoms with van der Waals surface area (Å²) in [5.41, 5.74) is 0.402. The summed E-state index contributed by atoms with van der Waals surface area (Å²) in [5, 5.41) is 0. The molecule has 0 saturated heterocycles. The lowest BCUT2D eigenvalue weighted by Gasteiger charge is -2.09. The van der Waals surface area contributed by atoms with E-state index >= 15 is 0 Å². The minimum Gasteiger partial charge on any atom is -0.493 e. The summed E-state index contributed by atoms with van der Waals surface area (Å²) < 4.78 is 22.8. The van der Waals surface area contributed by atoms with E-state index in [1.54, 1.807) is 13.8 Å². The van der Waals surface area contributed by atoms with E-state index in [9.17, 15) is 14.0 Å². The predicted molar refractivity (Wildman–Crippen MR) is 58.7 cm³/mol. The molecule has 0 unspecified atom stereocenters. The average molecular weight is 240 g/mol. The van der Waals surface area contributed by atoms with Gasteiger partial charge < -0.3 is 9.47 Å². The molecule has 17 heavy (non-hydrogen) atoms. The monoisotopic (exact) mass is 240 g/mol. The molecule has 92 valence electrons. The van der Waals surface area contributed by atoms with Crippen molar-refractivity contribution in [2.24, 2.45) is 0 Å². The van der Waals surface area contributed by atoms with Gasteiger partial charge in [-0.25, -0.2) is 9.18 Å². The van der Waals surface area contributed by atoms with Gasteiger partial charge in [0.05, 0.1) is 19.3 Å². The number of hydrogen-bond acceptors (Lipinski definition) is 4. The van der Waals surface area contributed by atoms with Crippen LogP contribution in [0.1, 0.15) is 22.8 Å². The Hall–Kier alpha value is -1.91. The maximum Gasteiger partial charge on any atom is 0.379 e. The number of esters is 1. The molecule has 0 fully saturated rings. The van der Waals surface area contributed by atoms with E-state index in [1.807, 2.05) is 0 Å². The minimum atomic E-state index is -1.02. The molecular formula is C12H13FO4. The molecule has 0 radical (unpaired) electrons. The maximum atomic E-state index is 13.5. The Bertz CT molecular complexity index is 454. The van der Waals surface area contributed by atoms with Crippen LogP contribution in [0.3, 0.4) is 0 Å². The zero-order chi connectivity index (χ0) is 13.0. The minimum absolute atomic E-state index is 0.0845. The fraction of sp³-hybridized carbons (Fsp3) is 0.333. The predicted octanol–water partition coefficient (Wildman–Crippen LogP) is 1.89. The van der Waals surface area contributed by atoms with Crippen LogP contribution in [0.4, 0.5) is 4.39 Å². The lowest BCUT2D eigenvalue weighted by Crippen LogP contribution is -2.18. The van der Waals surface area contributed by atoms with Gasteiger partial charge in [0.2, 0.25) is 0 Å². The molecule has 0 bridgehead atoms. The number of hydrogen-bond donors (Lipinski definition) is 0. The quantitative estimate of drug-likeness (QED) is 0.458. The highest BCUT2D eigenvalue weighted by molar-refractivity contribution is 6.41. The standard InChI is InChI=1S/C12H13FO4/c1-4-17-12(15)10(14)8-5-7(2)6-9(13)11(8)16-3/h5-6H,4H2,1-3H3. The highest BCUT2D eigenvalue weighted by Gasteiger charge is 2.24. The van der Waals surface area contributed by atoms with E-state index in [2.05, 4.69) is 4.74 Å². The third-order valence-electron chi connectivity index (χ3n) is 2.10. The van der Waals surface area contributed by atoms with Crippen molar-refractivity contribution in [3.05, 3.63) is 29.1 Å². The summed E-state index contributed by atoms with van der Waals surface area (Å²) in [6.07, 6.45) is 0. The van der Waals surface area contributed by atoms with Gasteiger partial charge in [0, 0.05) is 0 Å². The van der Waals surface area contributed by atoms with Crippen molar-refractivity contribution in [1.29, 1.82) is 0 Å². The van der Waals surface area contributed by atoms with E-state index in [0.717, 1.165) is 0 Å². The van der Waals surface area contributed by atoms with Crippen molar-refractivity contribution >= 4 is 11.8 Å². The Morgan fingerprint density at radius 2 is 2.00 bits per heavy atom. The summed E-state index contributed by atoms with van der Waals surface area (Å²) in [4.78, 5) is 23.0. The van der Waals surface area contributed by atoms with Crippen LogP contribution in [0.25, 0.3) is 0 Å². The second kappa shape index (κ2) is 5.43. The number of ether oxygens (including phenoxy) is 2. The zero-order valence-corrected chi connectivity index (χ0v) is 9.87. The number of ketones is 1. The van der Waals surface area contributed by atoms with E-state index in [1.165, 1.54) is 19.2 Å². The van der Waals surface area contributed by atoms with Crippen molar-refractivity contribution in [1.82, 2.24) is 0 Å². The number of rotatable bonds is 4. The molecule has 0 aliphatic carbocycles. The van der Waals surface area contributed by atoms with Gasteiger partial charge in [0.15, 0.2) is 11.6 Å². The number of halogens is 1. The molecule has 4 nitrogen and oxygen atoms in total. The third-order valence-corrected chi connectivity index (χ3v) is 2.10. The van der Waals surface area contributed by atoms with Gasteiger partial charge in [-0.2, -0.15) is 0 Å². The Morgan fingerprint density at radius 3 is 2.53 bits per heavy atom. The molecule has 0 spiro atoms. The Labute approximate surface area is 98.3 Å². The summed E-state index contributed by atoms with van der Waals surface area (Å²) in [5.74, 6) is -2.85. The lowest BCUT2D eigenvalue weighted by atomic mass is 10.1. The zero-order valence-electron chi connectivity index (χ0n) is 9.87. The van der Waals surface area contributed by atoms with Crippen LogP contribution in [-0.4, -0.2) is 25.5 Å². The van der Waals surface area contributed by atoms with Crippen molar-refractivity contribution in [2.75, 3.05) is 13.7 Å². The molecule has 0 N–H and O–H groups in total. The molecule has 1 rings (SSSR count). The van der Waals surface area contributed by atoms with E-state index in [0.29, 0.717) is 5.56 Å². The van der Waals surface area contributed by atoms with Gasteiger partial charge in [-0.3, -0.25) is 4.79 Å². The molecule has 1 aromatic carbocycles. The molecule has 0 aliphatic rings. The molecule has 0 heterocycles. The van der Waals surface area contributed by atoms with Crippen LogP contribution in [0.2, 0.25) is 0 Å². The van der Waals surface area contributed by atoms with Gasteiger partial charge in [-0.15, -0.1) is 0 Å². The number of carbonyl (C=O) groups excluding carboxylic acids is 2. The van der Waals surface area contributed by atoms with Crippen LogP contribution in [0.15, 0.2) is 12.1 Å². The van der Waals surface area contributed by atoms with Gasteiger partial charge >= 0.3 is 5.97 Å². The molecule has 1 aromatic rings. The van der Waals surface area contributed by atoms with E-state index in [4.69, 9.17) is 4.74 Å². The number of methoxy groups -OCH3 is 1. The maximum absolute atomic E-state index is 13.5. The van der Waals surface area contributed by atoms with Crippen LogP contribution in [-0.2, 0) is 9.53 Å². The van der Waals surface area contributed by atoms with Crippen molar-refractivity contribution in [2.45, 2.75) is 13.8 Å².